The van der Waals surface area contributed by atoms with Crippen molar-refractivity contribution in [2.75, 3.05) is 51.4 Å². The van der Waals surface area contributed by atoms with Crippen LogP contribution in [0.1, 0.15) is 85.6 Å². The minimum Gasteiger partial charge on any atom is -0.473 e. The molecule has 10 nitrogen and oxygen atoms in total. The number of nitriles is 1. The fourth-order valence-electron chi connectivity index (χ4n) is 8.37. The van der Waals surface area contributed by atoms with Gasteiger partial charge < -0.3 is 24.8 Å². The Labute approximate surface area is 264 Å². The summed E-state index contributed by atoms with van der Waals surface area (Å²) in [5.74, 6) is 2.90. The minimum atomic E-state index is -0.377. The standard InChI is InChI=1S/C33H44N8O2S/c1-20(24-9-7-15-40(24)4)42-27-18-26(41-16-11-21(12-17-41)39(2)3)36-32(37-27)29-22-8-5-13-33(30(22)43-38-29)14-6-10-25-28(33)23(19-34)31(35)44-25/h18,20-21,24H,5-17,35H2,1-4H3/t20-,24-,33-/m0/s1. The highest BCUT2D eigenvalue weighted by Gasteiger charge is 2.49. The molecular weight excluding hydrogens is 572 g/mol. The molecule has 5 heterocycles. The summed E-state index contributed by atoms with van der Waals surface area (Å²) in [6.45, 7) is 5.10. The van der Waals surface area contributed by atoms with Gasteiger partial charge in [0.25, 0.3) is 0 Å². The number of nitrogens with zero attached hydrogens (tertiary/aromatic N) is 7. The predicted molar refractivity (Wildman–Crippen MR) is 172 cm³/mol. The Morgan fingerprint density at radius 3 is 2.61 bits per heavy atom. The number of likely N-dealkylation sites (N-methyl/N-ethyl adjacent to an activating group) is 1. The monoisotopic (exact) mass is 616 g/mol. The first-order valence-corrected chi connectivity index (χ1v) is 17.1. The molecular formula is C33H44N8O2S. The molecule has 11 heteroatoms. The van der Waals surface area contributed by atoms with E-state index in [4.69, 9.17) is 25.0 Å². The molecule has 0 amide bonds. The Hall–Kier alpha value is -3.20. The van der Waals surface area contributed by atoms with Crippen molar-refractivity contribution in [2.45, 2.75) is 94.7 Å². The smallest absolute Gasteiger partial charge is 0.219 e. The van der Waals surface area contributed by atoms with Crippen LogP contribution in [-0.4, -0.2) is 83.9 Å². The largest absolute Gasteiger partial charge is 0.473 e. The molecule has 0 unspecified atom stereocenters. The molecule has 2 N–H and O–H groups in total. The Morgan fingerprint density at radius 1 is 1.14 bits per heavy atom. The number of thiophene rings is 1. The number of aryl methyl sites for hydroxylation is 1. The van der Waals surface area contributed by atoms with Crippen molar-refractivity contribution in [3.63, 3.8) is 0 Å². The van der Waals surface area contributed by atoms with E-state index < -0.39 is 0 Å². The lowest BCUT2D eigenvalue weighted by molar-refractivity contribution is 0.117. The van der Waals surface area contributed by atoms with Gasteiger partial charge >= 0.3 is 0 Å². The highest BCUT2D eigenvalue weighted by molar-refractivity contribution is 7.16. The van der Waals surface area contributed by atoms with Crippen LogP contribution in [0, 0.1) is 11.3 Å². The molecule has 0 aromatic carbocycles. The predicted octanol–water partition coefficient (Wildman–Crippen LogP) is 5.00. The van der Waals surface area contributed by atoms with E-state index in [1.165, 1.54) is 11.3 Å². The summed E-state index contributed by atoms with van der Waals surface area (Å²) in [6, 6.07) is 5.37. The molecule has 44 heavy (non-hydrogen) atoms. The van der Waals surface area contributed by atoms with Crippen LogP contribution in [0.25, 0.3) is 11.5 Å². The maximum absolute atomic E-state index is 10.1. The lowest BCUT2D eigenvalue weighted by atomic mass is 9.63. The fraction of sp³-hybridized carbons (Fsp3) is 0.636. The lowest BCUT2D eigenvalue weighted by Gasteiger charge is -2.39. The summed E-state index contributed by atoms with van der Waals surface area (Å²) in [6.07, 6.45) is 10.1. The van der Waals surface area contributed by atoms with Gasteiger partial charge in [0.05, 0.1) is 11.0 Å². The molecule has 1 spiro atoms. The van der Waals surface area contributed by atoms with Crippen LogP contribution < -0.4 is 15.4 Å². The van der Waals surface area contributed by atoms with Gasteiger partial charge in [-0.3, -0.25) is 4.90 Å². The van der Waals surface area contributed by atoms with Gasteiger partial charge in [-0.1, -0.05) is 5.16 Å². The Balaban J connectivity index is 1.28. The van der Waals surface area contributed by atoms with Crippen molar-refractivity contribution in [1.82, 2.24) is 24.9 Å². The van der Waals surface area contributed by atoms with Crippen molar-refractivity contribution < 1.29 is 9.26 Å². The van der Waals surface area contributed by atoms with E-state index in [9.17, 15) is 5.26 Å². The van der Waals surface area contributed by atoms with E-state index in [-0.39, 0.29) is 11.5 Å². The summed E-state index contributed by atoms with van der Waals surface area (Å²) >= 11 is 1.56. The maximum Gasteiger partial charge on any atom is 0.219 e. The maximum atomic E-state index is 10.1. The van der Waals surface area contributed by atoms with E-state index in [2.05, 4.69) is 54.0 Å². The number of nitrogens with two attached hydrogens (primary N) is 1. The SMILES string of the molecule is C[C@H](Oc1cc(N2CCC(N(C)C)CC2)nc(-c2noc3c2CCC[C@@]32CCCc3sc(N)c(C#N)c32)n1)[C@@H]1CCCN1C. The van der Waals surface area contributed by atoms with E-state index in [0.29, 0.717) is 40.0 Å². The Bertz CT molecular complexity index is 1560. The summed E-state index contributed by atoms with van der Waals surface area (Å²) in [4.78, 5) is 18.4. The summed E-state index contributed by atoms with van der Waals surface area (Å²) in [5.41, 5.74) is 9.46. The molecule has 0 bridgehead atoms. The van der Waals surface area contributed by atoms with Gasteiger partial charge in [0, 0.05) is 41.7 Å². The third kappa shape index (κ3) is 4.95. The third-order valence-corrected chi connectivity index (χ3v) is 11.8. The minimum absolute atomic E-state index is 0.00109. The zero-order valence-electron chi connectivity index (χ0n) is 26.4. The number of rotatable bonds is 6. The number of likely N-dealkylation sites (tertiary alicyclic amines) is 1. The highest BCUT2D eigenvalue weighted by atomic mass is 32.1. The van der Waals surface area contributed by atoms with Gasteiger partial charge in [0.2, 0.25) is 5.88 Å². The second-order valence-electron chi connectivity index (χ2n) is 13.5. The van der Waals surface area contributed by atoms with E-state index in [0.717, 1.165) is 100 Å². The van der Waals surface area contributed by atoms with Crippen LogP contribution in [0.4, 0.5) is 10.8 Å². The third-order valence-electron chi connectivity index (χ3n) is 10.7. The molecule has 234 valence electrons. The van der Waals surface area contributed by atoms with Crippen molar-refractivity contribution in [2.24, 2.45) is 0 Å². The van der Waals surface area contributed by atoms with Crippen LogP contribution in [0.5, 0.6) is 5.88 Å². The van der Waals surface area contributed by atoms with Gasteiger partial charge in [0.1, 0.15) is 23.0 Å². The quantitative estimate of drug-likeness (QED) is 0.405. The second kappa shape index (κ2) is 11.6. The fourth-order valence-corrected chi connectivity index (χ4v) is 9.53. The second-order valence-corrected chi connectivity index (χ2v) is 14.6. The van der Waals surface area contributed by atoms with E-state index in [1.807, 2.05) is 6.07 Å². The molecule has 2 aliphatic carbocycles. The Kier molecular flexibility index (Phi) is 7.79. The molecule has 3 atom stereocenters. The molecule has 3 aromatic rings. The van der Waals surface area contributed by atoms with Crippen molar-refractivity contribution in [1.29, 1.82) is 5.26 Å². The lowest BCUT2D eigenvalue weighted by Crippen LogP contribution is -2.42. The van der Waals surface area contributed by atoms with Crippen LogP contribution in [0.3, 0.4) is 0 Å². The number of nitrogen functional groups attached to an aromatic ring is 1. The zero-order chi connectivity index (χ0) is 30.6. The summed E-state index contributed by atoms with van der Waals surface area (Å²) in [7, 11) is 6.50. The molecule has 2 saturated heterocycles. The average Bonchev–Trinajstić information content (AvgIpc) is 3.74. The number of ether oxygens (including phenoxy) is 1. The Morgan fingerprint density at radius 2 is 1.91 bits per heavy atom. The van der Waals surface area contributed by atoms with E-state index in [1.54, 1.807) is 11.3 Å². The molecule has 2 fully saturated rings. The summed E-state index contributed by atoms with van der Waals surface area (Å²) < 4.78 is 12.9. The van der Waals surface area contributed by atoms with Crippen LogP contribution >= 0.6 is 11.3 Å². The summed E-state index contributed by atoms with van der Waals surface area (Å²) in [5, 5.41) is 15.4. The van der Waals surface area contributed by atoms with Gasteiger partial charge in [0.15, 0.2) is 17.3 Å². The molecule has 0 radical (unpaired) electrons. The number of hydrogen-bond acceptors (Lipinski definition) is 11. The number of hydrogen-bond donors (Lipinski definition) is 1. The van der Waals surface area contributed by atoms with Crippen LogP contribution in [0.2, 0.25) is 0 Å². The number of piperidine rings is 1. The first kappa shape index (κ1) is 29.5. The first-order valence-electron chi connectivity index (χ1n) is 16.3. The van der Waals surface area contributed by atoms with Crippen molar-refractivity contribution >= 4 is 22.2 Å². The average molecular weight is 617 g/mol. The van der Waals surface area contributed by atoms with Gasteiger partial charge in [-0.15, -0.1) is 11.3 Å². The van der Waals surface area contributed by atoms with Crippen LogP contribution in [-0.2, 0) is 18.3 Å². The molecule has 4 aliphatic rings. The normalized spacial score (nSPS) is 24.8. The number of aromatic nitrogens is 3. The molecule has 3 aromatic heterocycles. The first-order chi connectivity index (χ1) is 21.3. The van der Waals surface area contributed by atoms with Crippen molar-refractivity contribution in [3.8, 4) is 23.5 Å². The highest BCUT2D eigenvalue weighted by Crippen LogP contribution is 2.55. The van der Waals surface area contributed by atoms with Crippen LogP contribution in [0.15, 0.2) is 10.6 Å². The van der Waals surface area contributed by atoms with Gasteiger partial charge in [-0.05, 0) is 104 Å². The van der Waals surface area contributed by atoms with Gasteiger partial charge in [-0.2, -0.15) is 10.2 Å². The number of fused-ring (bicyclic) bond motifs is 4. The number of anilines is 2. The van der Waals surface area contributed by atoms with Gasteiger partial charge in [-0.25, -0.2) is 4.98 Å². The molecule has 0 saturated carbocycles. The molecule has 7 rings (SSSR count). The zero-order valence-corrected chi connectivity index (χ0v) is 27.3. The van der Waals surface area contributed by atoms with Crippen molar-refractivity contribution in [3.05, 3.63) is 33.4 Å². The topological polar surface area (TPSA) is 121 Å². The molecule has 2 aliphatic heterocycles. The van der Waals surface area contributed by atoms with E-state index >= 15 is 0 Å².